The number of hydrogen-bond donors (Lipinski definition) is 1. The van der Waals surface area contributed by atoms with Gasteiger partial charge in [-0.15, -0.1) is 0 Å². The van der Waals surface area contributed by atoms with E-state index in [0.29, 0.717) is 5.41 Å². The molecular weight excluding hydrogens is 196 g/mol. The Labute approximate surface area is 97.4 Å². The van der Waals surface area contributed by atoms with Crippen LogP contribution in [0.4, 0.5) is 0 Å². The highest BCUT2D eigenvalue weighted by molar-refractivity contribution is 5.19. The van der Waals surface area contributed by atoms with E-state index in [9.17, 15) is 0 Å². The Hall–Kier alpha value is -0.860. The van der Waals surface area contributed by atoms with Crippen molar-refractivity contribution in [3.63, 3.8) is 0 Å². The average molecular weight is 216 g/mol. The molecular formula is C14H20N2. The van der Waals surface area contributed by atoms with Gasteiger partial charge in [0.15, 0.2) is 0 Å². The molecule has 2 N–H and O–H groups in total. The number of rotatable bonds is 2. The van der Waals surface area contributed by atoms with Crippen LogP contribution in [0.15, 0.2) is 30.3 Å². The summed E-state index contributed by atoms with van der Waals surface area (Å²) in [5.74, 6) is 0. The zero-order valence-electron chi connectivity index (χ0n) is 9.95. The minimum atomic E-state index is 0.0295. The van der Waals surface area contributed by atoms with Crippen LogP contribution < -0.4 is 5.73 Å². The van der Waals surface area contributed by atoms with Gasteiger partial charge in [-0.1, -0.05) is 30.3 Å². The Morgan fingerprint density at radius 1 is 1.19 bits per heavy atom. The average Bonchev–Trinajstić information content (AvgIpc) is 2.95. The van der Waals surface area contributed by atoms with Crippen LogP contribution >= 0.6 is 0 Å². The molecule has 2 aliphatic rings. The lowest BCUT2D eigenvalue weighted by atomic mass is 9.87. The van der Waals surface area contributed by atoms with Crippen LogP contribution in [0.1, 0.15) is 25.3 Å². The van der Waals surface area contributed by atoms with Gasteiger partial charge in [0.25, 0.3) is 0 Å². The van der Waals surface area contributed by atoms with Gasteiger partial charge in [0.05, 0.1) is 0 Å². The maximum Gasteiger partial charge on any atom is 0.0324 e. The van der Waals surface area contributed by atoms with Crippen molar-refractivity contribution in [1.29, 1.82) is 0 Å². The first-order chi connectivity index (χ1) is 7.61. The second-order valence-electron chi connectivity index (χ2n) is 5.83. The fourth-order valence-corrected chi connectivity index (χ4v) is 3.13. The SMILES string of the molecule is C[C@@]1(N)CN(Cc2ccccc2)CC12CC2. The molecule has 1 aliphatic carbocycles. The molecule has 1 atom stereocenters. The molecule has 1 spiro atoms. The van der Waals surface area contributed by atoms with Gasteiger partial charge in [0.1, 0.15) is 0 Å². The van der Waals surface area contributed by atoms with Gasteiger partial charge in [0, 0.05) is 30.6 Å². The van der Waals surface area contributed by atoms with Crippen molar-refractivity contribution in [3.05, 3.63) is 35.9 Å². The van der Waals surface area contributed by atoms with Crippen LogP contribution in [0, 0.1) is 5.41 Å². The highest BCUT2D eigenvalue weighted by atomic mass is 15.2. The van der Waals surface area contributed by atoms with Gasteiger partial charge >= 0.3 is 0 Å². The van der Waals surface area contributed by atoms with Crippen LogP contribution in [0.3, 0.4) is 0 Å². The minimum absolute atomic E-state index is 0.0295. The normalized spacial score (nSPS) is 32.1. The fraction of sp³-hybridized carbons (Fsp3) is 0.571. The van der Waals surface area contributed by atoms with E-state index in [1.165, 1.54) is 24.9 Å². The molecule has 1 aromatic rings. The van der Waals surface area contributed by atoms with Crippen LogP contribution in [-0.4, -0.2) is 23.5 Å². The van der Waals surface area contributed by atoms with E-state index < -0.39 is 0 Å². The van der Waals surface area contributed by atoms with Crippen molar-refractivity contribution in [3.8, 4) is 0 Å². The van der Waals surface area contributed by atoms with Crippen LogP contribution in [0.2, 0.25) is 0 Å². The van der Waals surface area contributed by atoms with Gasteiger partial charge in [-0.25, -0.2) is 0 Å². The molecule has 0 radical (unpaired) electrons. The second-order valence-corrected chi connectivity index (χ2v) is 5.83. The molecule has 0 unspecified atom stereocenters. The summed E-state index contributed by atoms with van der Waals surface area (Å²) < 4.78 is 0. The number of likely N-dealkylation sites (tertiary alicyclic amines) is 1. The number of hydrogen-bond acceptors (Lipinski definition) is 2. The molecule has 1 aliphatic heterocycles. The molecule has 3 rings (SSSR count). The summed E-state index contributed by atoms with van der Waals surface area (Å²) in [4.78, 5) is 2.52. The van der Waals surface area contributed by atoms with Gasteiger partial charge in [-0.2, -0.15) is 0 Å². The second kappa shape index (κ2) is 3.31. The summed E-state index contributed by atoms with van der Waals surface area (Å²) in [6.45, 7) is 5.51. The van der Waals surface area contributed by atoms with Crippen molar-refractivity contribution >= 4 is 0 Å². The van der Waals surface area contributed by atoms with E-state index in [0.717, 1.165) is 13.1 Å². The lowest BCUT2D eigenvalue weighted by molar-refractivity contribution is 0.309. The fourth-order valence-electron chi connectivity index (χ4n) is 3.13. The lowest BCUT2D eigenvalue weighted by Gasteiger charge is -2.25. The number of nitrogens with two attached hydrogens (primary N) is 1. The predicted molar refractivity (Wildman–Crippen MR) is 66.0 cm³/mol. The third-order valence-electron chi connectivity index (χ3n) is 4.39. The molecule has 1 heterocycles. The van der Waals surface area contributed by atoms with Crippen molar-refractivity contribution in [2.75, 3.05) is 13.1 Å². The first-order valence-electron chi connectivity index (χ1n) is 6.17. The van der Waals surface area contributed by atoms with E-state index in [-0.39, 0.29) is 5.54 Å². The molecule has 0 bridgehead atoms. The van der Waals surface area contributed by atoms with Crippen LogP contribution in [0.25, 0.3) is 0 Å². The molecule has 1 aromatic carbocycles. The quantitative estimate of drug-likeness (QED) is 0.819. The van der Waals surface area contributed by atoms with Crippen molar-refractivity contribution in [2.24, 2.45) is 11.1 Å². The van der Waals surface area contributed by atoms with Crippen LogP contribution in [0.5, 0.6) is 0 Å². The minimum Gasteiger partial charge on any atom is -0.324 e. The number of benzene rings is 1. The lowest BCUT2D eigenvalue weighted by Crippen LogP contribution is -2.45. The Balaban J connectivity index is 1.71. The van der Waals surface area contributed by atoms with E-state index in [1.807, 2.05) is 0 Å². The zero-order chi connectivity index (χ0) is 11.2. The third-order valence-corrected chi connectivity index (χ3v) is 4.39. The van der Waals surface area contributed by atoms with Gasteiger partial charge in [-0.3, -0.25) is 4.90 Å². The molecule has 86 valence electrons. The Morgan fingerprint density at radius 2 is 1.88 bits per heavy atom. The summed E-state index contributed by atoms with van der Waals surface area (Å²) >= 11 is 0. The predicted octanol–water partition coefficient (Wildman–Crippen LogP) is 2.00. The summed E-state index contributed by atoms with van der Waals surface area (Å²) in [7, 11) is 0. The maximum absolute atomic E-state index is 6.42. The van der Waals surface area contributed by atoms with Gasteiger partial charge in [-0.05, 0) is 25.3 Å². The van der Waals surface area contributed by atoms with Gasteiger partial charge < -0.3 is 5.73 Å². The number of nitrogens with zero attached hydrogens (tertiary/aromatic N) is 1. The largest absolute Gasteiger partial charge is 0.324 e. The smallest absolute Gasteiger partial charge is 0.0324 e. The van der Waals surface area contributed by atoms with Gasteiger partial charge in [0.2, 0.25) is 0 Å². The molecule has 16 heavy (non-hydrogen) atoms. The molecule has 1 saturated carbocycles. The summed E-state index contributed by atoms with van der Waals surface area (Å²) in [5, 5.41) is 0. The first kappa shape index (κ1) is 10.3. The molecule has 2 nitrogen and oxygen atoms in total. The van der Waals surface area contributed by atoms with Crippen molar-refractivity contribution in [2.45, 2.75) is 31.8 Å². The summed E-state index contributed by atoms with van der Waals surface area (Å²) in [5.41, 5.74) is 8.30. The maximum atomic E-state index is 6.42. The standard InChI is InChI=1S/C14H20N2/c1-13(15)10-16(11-14(13)7-8-14)9-12-5-3-2-4-6-12/h2-6H,7-11,15H2,1H3/t13-/m1/s1. The van der Waals surface area contributed by atoms with Crippen LogP contribution in [-0.2, 0) is 6.54 Å². The van der Waals surface area contributed by atoms with E-state index in [4.69, 9.17) is 5.73 Å². The Kier molecular flexibility index (Phi) is 2.13. The monoisotopic (exact) mass is 216 g/mol. The van der Waals surface area contributed by atoms with Crippen molar-refractivity contribution in [1.82, 2.24) is 4.90 Å². The zero-order valence-corrected chi connectivity index (χ0v) is 9.95. The highest BCUT2D eigenvalue weighted by Gasteiger charge is 2.59. The first-order valence-corrected chi connectivity index (χ1v) is 6.17. The van der Waals surface area contributed by atoms with E-state index in [2.05, 4.69) is 42.2 Å². The molecule has 0 aromatic heterocycles. The Bertz CT molecular complexity index is 373. The van der Waals surface area contributed by atoms with Crippen molar-refractivity contribution < 1.29 is 0 Å². The topological polar surface area (TPSA) is 29.3 Å². The highest BCUT2D eigenvalue weighted by Crippen LogP contribution is 2.57. The van der Waals surface area contributed by atoms with E-state index >= 15 is 0 Å². The third kappa shape index (κ3) is 1.57. The molecule has 0 amide bonds. The summed E-state index contributed by atoms with van der Waals surface area (Å²) in [6, 6.07) is 10.7. The summed E-state index contributed by atoms with van der Waals surface area (Å²) in [6.07, 6.45) is 2.65. The Morgan fingerprint density at radius 3 is 2.44 bits per heavy atom. The molecule has 2 heteroatoms. The molecule has 2 fully saturated rings. The molecule has 1 saturated heterocycles. The van der Waals surface area contributed by atoms with E-state index in [1.54, 1.807) is 0 Å².